The van der Waals surface area contributed by atoms with Crippen LogP contribution in [0.4, 0.5) is 5.82 Å². The van der Waals surface area contributed by atoms with E-state index in [1.165, 1.54) is 7.11 Å². The molecule has 0 radical (unpaired) electrons. The van der Waals surface area contributed by atoms with Crippen molar-refractivity contribution in [3.8, 4) is 5.88 Å². The van der Waals surface area contributed by atoms with Gasteiger partial charge in [0.2, 0.25) is 5.88 Å². The summed E-state index contributed by atoms with van der Waals surface area (Å²) in [6, 6.07) is 0. The number of nitrogens with zero attached hydrogens (tertiary/aromatic N) is 2. The zero-order valence-corrected chi connectivity index (χ0v) is 6.87. The third-order valence-electron chi connectivity index (χ3n) is 1.36. The van der Waals surface area contributed by atoms with Crippen LogP contribution in [0, 0.1) is 6.92 Å². The molecule has 1 aromatic rings. The summed E-state index contributed by atoms with van der Waals surface area (Å²) in [5.74, 6) is 0.847. The molecular weight excluding hydrogens is 158 g/mol. The summed E-state index contributed by atoms with van der Waals surface area (Å²) in [6.45, 7) is 1.67. The maximum atomic E-state index is 10.5. The largest absolute Gasteiger partial charge is 0.480 e. The molecule has 2 N–H and O–H groups in total. The van der Waals surface area contributed by atoms with Crippen molar-refractivity contribution in [2.75, 3.05) is 12.8 Å². The second-order valence-corrected chi connectivity index (χ2v) is 2.20. The number of nitrogens with two attached hydrogens (primary N) is 1. The van der Waals surface area contributed by atoms with Crippen LogP contribution in [-0.2, 0) is 0 Å². The summed E-state index contributed by atoms with van der Waals surface area (Å²) < 4.78 is 4.84. The Hall–Kier alpha value is -1.65. The van der Waals surface area contributed by atoms with Crippen LogP contribution >= 0.6 is 0 Å². The van der Waals surface area contributed by atoms with E-state index in [1.54, 1.807) is 6.92 Å². The van der Waals surface area contributed by atoms with Crippen molar-refractivity contribution in [1.82, 2.24) is 9.97 Å². The summed E-state index contributed by atoms with van der Waals surface area (Å²) in [5.41, 5.74) is 5.64. The first-order chi connectivity index (χ1) is 5.69. The minimum atomic E-state index is 0.148. The van der Waals surface area contributed by atoms with Crippen LogP contribution in [0.25, 0.3) is 0 Å². The maximum absolute atomic E-state index is 10.5. The van der Waals surface area contributed by atoms with Gasteiger partial charge in [0, 0.05) is 0 Å². The second kappa shape index (κ2) is 3.17. The van der Waals surface area contributed by atoms with E-state index in [4.69, 9.17) is 10.5 Å². The minimum Gasteiger partial charge on any atom is -0.480 e. The molecule has 0 unspecified atom stereocenters. The van der Waals surface area contributed by atoms with E-state index in [0.717, 1.165) is 0 Å². The highest BCUT2D eigenvalue weighted by Gasteiger charge is 2.09. The topological polar surface area (TPSA) is 78.1 Å². The lowest BCUT2D eigenvalue weighted by molar-refractivity contribution is 0.112. The zero-order valence-electron chi connectivity index (χ0n) is 6.87. The third kappa shape index (κ3) is 1.34. The van der Waals surface area contributed by atoms with Crippen molar-refractivity contribution < 1.29 is 9.53 Å². The molecule has 0 fully saturated rings. The van der Waals surface area contributed by atoms with E-state index >= 15 is 0 Å². The van der Waals surface area contributed by atoms with E-state index in [2.05, 4.69) is 9.97 Å². The fourth-order valence-corrected chi connectivity index (χ4v) is 0.843. The number of hydrogen-bond donors (Lipinski definition) is 1. The van der Waals surface area contributed by atoms with E-state index in [0.29, 0.717) is 12.1 Å². The molecule has 0 aliphatic carbocycles. The van der Waals surface area contributed by atoms with Gasteiger partial charge in [-0.25, -0.2) is 4.98 Å². The highest BCUT2D eigenvalue weighted by atomic mass is 16.5. The standard InChI is InChI=1S/C7H9N3O2/c1-4-9-6(8)5(3-11)7(10-4)12-2/h3H,1-2H3,(H2,8,9,10). The van der Waals surface area contributed by atoms with Gasteiger partial charge in [0.15, 0.2) is 6.29 Å². The summed E-state index contributed by atoms with van der Waals surface area (Å²) in [6.07, 6.45) is 0.577. The molecular formula is C7H9N3O2. The van der Waals surface area contributed by atoms with Crippen LogP contribution in [0.2, 0.25) is 0 Å². The summed E-state index contributed by atoms with van der Waals surface area (Å²) in [4.78, 5) is 18.2. The number of carbonyl (C=O) groups excluding carboxylic acids is 1. The van der Waals surface area contributed by atoms with Gasteiger partial charge in [0.1, 0.15) is 17.2 Å². The highest BCUT2D eigenvalue weighted by Crippen LogP contribution is 2.17. The SMILES string of the molecule is COc1nc(C)nc(N)c1C=O. The summed E-state index contributed by atoms with van der Waals surface area (Å²) in [5, 5.41) is 0. The van der Waals surface area contributed by atoms with E-state index < -0.39 is 0 Å². The predicted molar refractivity (Wildman–Crippen MR) is 43.1 cm³/mol. The van der Waals surface area contributed by atoms with E-state index in [9.17, 15) is 4.79 Å². The molecule has 0 spiro atoms. The monoisotopic (exact) mass is 167 g/mol. The van der Waals surface area contributed by atoms with Crippen molar-refractivity contribution in [2.24, 2.45) is 0 Å². The number of aryl methyl sites for hydroxylation is 1. The molecule has 0 aliphatic rings. The number of nitrogen functional groups attached to an aromatic ring is 1. The number of aldehydes is 1. The average Bonchev–Trinajstić information content (AvgIpc) is 2.03. The van der Waals surface area contributed by atoms with E-state index in [-0.39, 0.29) is 17.3 Å². The Balaban J connectivity index is 3.33. The number of methoxy groups -OCH3 is 1. The molecule has 12 heavy (non-hydrogen) atoms. The quantitative estimate of drug-likeness (QED) is 0.636. The van der Waals surface area contributed by atoms with Gasteiger partial charge in [0.05, 0.1) is 7.11 Å². The first kappa shape index (κ1) is 8.45. The number of carbonyl (C=O) groups is 1. The molecule has 0 saturated heterocycles. The molecule has 64 valence electrons. The lowest BCUT2D eigenvalue weighted by atomic mass is 10.3. The predicted octanol–water partition coefficient (Wildman–Crippen LogP) is 0.188. The smallest absolute Gasteiger partial charge is 0.229 e. The Morgan fingerprint density at radius 1 is 1.50 bits per heavy atom. The highest BCUT2D eigenvalue weighted by molar-refractivity contribution is 5.84. The molecule has 0 aromatic carbocycles. The van der Waals surface area contributed by atoms with Crippen LogP contribution in [-0.4, -0.2) is 23.4 Å². The third-order valence-corrected chi connectivity index (χ3v) is 1.36. The molecule has 1 heterocycles. The van der Waals surface area contributed by atoms with Crippen LogP contribution in [0.5, 0.6) is 5.88 Å². The zero-order chi connectivity index (χ0) is 9.14. The molecule has 0 bridgehead atoms. The van der Waals surface area contributed by atoms with Crippen molar-refractivity contribution in [3.63, 3.8) is 0 Å². The van der Waals surface area contributed by atoms with Gasteiger partial charge >= 0.3 is 0 Å². The van der Waals surface area contributed by atoms with Gasteiger partial charge in [-0.15, -0.1) is 0 Å². The summed E-state index contributed by atoms with van der Waals surface area (Å²) >= 11 is 0. The number of aromatic nitrogens is 2. The van der Waals surface area contributed by atoms with Gasteiger partial charge in [-0.05, 0) is 6.92 Å². The Morgan fingerprint density at radius 2 is 2.17 bits per heavy atom. The summed E-state index contributed by atoms with van der Waals surface area (Å²) in [7, 11) is 1.42. The molecule has 0 saturated carbocycles. The maximum Gasteiger partial charge on any atom is 0.229 e. The number of rotatable bonds is 2. The average molecular weight is 167 g/mol. The molecule has 1 aromatic heterocycles. The first-order valence-electron chi connectivity index (χ1n) is 3.32. The van der Waals surface area contributed by atoms with Crippen LogP contribution < -0.4 is 10.5 Å². The van der Waals surface area contributed by atoms with Crippen molar-refractivity contribution in [2.45, 2.75) is 6.92 Å². The number of hydrogen-bond acceptors (Lipinski definition) is 5. The molecule has 5 nitrogen and oxygen atoms in total. The van der Waals surface area contributed by atoms with Crippen molar-refractivity contribution >= 4 is 12.1 Å². The minimum absolute atomic E-state index is 0.148. The Morgan fingerprint density at radius 3 is 2.67 bits per heavy atom. The fraction of sp³-hybridized carbons (Fsp3) is 0.286. The van der Waals surface area contributed by atoms with Crippen LogP contribution in [0.3, 0.4) is 0 Å². The lowest BCUT2D eigenvalue weighted by Gasteiger charge is -2.04. The van der Waals surface area contributed by atoms with Gasteiger partial charge in [-0.1, -0.05) is 0 Å². The number of ether oxygens (including phenoxy) is 1. The van der Waals surface area contributed by atoms with Gasteiger partial charge in [-0.2, -0.15) is 4.98 Å². The van der Waals surface area contributed by atoms with Crippen molar-refractivity contribution in [3.05, 3.63) is 11.4 Å². The van der Waals surface area contributed by atoms with Gasteiger partial charge in [0.25, 0.3) is 0 Å². The second-order valence-electron chi connectivity index (χ2n) is 2.20. The van der Waals surface area contributed by atoms with Gasteiger partial charge < -0.3 is 10.5 Å². The number of anilines is 1. The van der Waals surface area contributed by atoms with Gasteiger partial charge in [-0.3, -0.25) is 4.79 Å². The molecule has 0 amide bonds. The van der Waals surface area contributed by atoms with Crippen LogP contribution in [0.1, 0.15) is 16.2 Å². The van der Waals surface area contributed by atoms with Crippen molar-refractivity contribution in [1.29, 1.82) is 0 Å². The normalized spacial score (nSPS) is 9.50. The van der Waals surface area contributed by atoms with E-state index in [1.807, 2.05) is 0 Å². The Kier molecular flexibility index (Phi) is 2.23. The lowest BCUT2D eigenvalue weighted by Crippen LogP contribution is -2.04. The molecule has 5 heteroatoms. The molecule has 1 rings (SSSR count). The molecule has 0 atom stereocenters. The Bertz CT molecular complexity index is 312. The Labute approximate surface area is 69.6 Å². The van der Waals surface area contributed by atoms with Crippen LogP contribution in [0.15, 0.2) is 0 Å². The first-order valence-corrected chi connectivity index (χ1v) is 3.32. The molecule has 0 aliphatic heterocycles. The fourth-order valence-electron chi connectivity index (χ4n) is 0.843.